The molecule has 4 rings (SSSR count). The summed E-state index contributed by atoms with van der Waals surface area (Å²) < 4.78 is 18.9. The number of methoxy groups -OCH3 is 1. The van der Waals surface area contributed by atoms with E-state index in [1.807, 2.05) is 6.07 Å². The van der Waals surface area contributed by atoms with Crippen LogP contribution in [0.15, 0.2) is 29.6 Å². The van der Waals surface area contributed by atoms with Crippen LogP contribution in [0.2, 0.25) is 0 Å². The Bertz CT molecular complexity index is 1290. The Balaban J connectivity index is 1.75. The Hall–Kier alpha value is -4.04. The number of phenolic OH excluding ortho intramolecular Hbond substituents is 1. The molecule has 0 aliphatic carbocycles. The van der Waals surface area contributed by atoms with E-state index in [0.29, 0.717) is 22.0 Å². The third-order valence-electron chi connectivity index (χ3n) is 4.00. The first-order valence-corrected chi connectivity index (χ1v) is 8.97. The predicted octanol–water partition coefficient (Wildman–Crippen LogP) is 3.33. The Morgan fingerprint density at radius 3 is 2.93 bits per heavy atom. The number of phenols is 1. The molecule has 0 saturated carbocycles. The van der Waals surface area contributed by atoms with Gasteiger partial charge in [-0.1, -0.05) is 0 Å². The van der Waals surface area contributed by atoms with Gasteiger partial charge < -0.3 is 15.2 Å². The second-order valence-electron chi connectivity index (χ2n) is 5.78. The Labute approximate surface area is 166 Å². The Kier molecular flexibility index (Phi) is 4.53. The average molecular weight is 410 g/mol. The highest BCUT2D eigenvalue weighted by Crippen LogP contribution is 2.32. The van der Waals surface area contributed by atoms with E-state index in [0.717, 1.165) is 6.07 Å². The van der Waals surface area contributed by atoms with Crippen molar-refractivity contribution < 1.29 is 19.0 Å². The fourth-order valence-electron chi connectivity index (χ4n) is 2.66. The number of ether oxygens (including phenoxy) is 1. The number of nitriles is 1. The number of esters is 1. The number of nitrogens with one attached hydrogen (secondary N) is 2. The van der Waals surface area contributed by atoms with Gasteiger partial charge in [0.2, 0.25) is 0 Å². The lowest BCUT2D eigenvalue weighted by Crippen LogP contribution is -2.01. The lowest BCUT2D eigenvalue weighted by Gasteiger charge is -2.06. The van der Waals surface area contributed by atoms with E-state index < -0.39 is 11.8 Å². The van der Waals surface area contributed by atoms with Gasteiger partial charge in [-0.2, -0.15) is 10.4 Å². The highest BCUT2D eigenvalue weighted by Gasteiger charge is 2.18. The molecule has 0 unspecified atom stereocenters. The zero-order chi connectivity index (χ0) is 20.5. The largest absolute Gasteiger partial charge is 0.508 e. The van der Waals surface area contributed by atoms with Crippen molar-refractivity contribution >= 4 is 39.3 Å². The molecule has 0 bridgehead atoms. The number of carbonyl (C=O) groups is 1. The maximum Gasteiger partial charge on any atom is 0.357 e. The molecule has 3 N–H and O–H groups in total. The van der Waals surface area contributed by atoms with E-state index in [1.165, 1.54) is 42.0 Å². The van der Waals surface area contributed by atoms with Crippen LogP contribution >= 0.6 is 11.3 Å². The number of aromatic hydroxyl groups is 1. The molecule has 11 heteroatoms. The van der Waals surface area contributed by atoms with Gasteiger partial charge in [0.25, 0.3) is 0 Å². The smallest absolute Gasteiger partial charge is 0.357 e. The van der Waals surface area contributed by atoms with Crippen molar-refractivity contribution in [2.24, 2.45) is 0 Å². The summed E-state index contributed by atoms with van der Waals surface area (Å²) in [5.74, 6) is -1.15. The van der Waals surface area contributed by atoms with Crippen LogP contribution in [0.1, 0.15) is 16.1 Å². The molecule has 0 atom stereocenters. The number of hydrogen-bond donors (Lipinski definition) is 3. The highest BCUT2D eigenvalue weighted by molar-refractivity contribution is 7.14. The number of H-pyrrole nitrogens is 1. The van der Waals surface area contributed by atoms with Crippen molar-refractivity contribution in [3.8, 4) is 23.1 Å². The maximum absolute atomic E-state index is 14.2. The highest BCUT2D eigenvalue weighted by atomic mass is 32.1. The molecule has 1 aromatic carbocycles. The van der Waals surface area contributed by atoms with Gasteiger partial charge in [-0.15, -0.1) is 11.3 Å². The molecule has 0 spiro atoms. The standard InChI is InChI=1S/C18H11FN6O3S/c1-28-17(27)13-7-29-18(21-13)23-16-11-4-8(6-20)14(22-15(11)24-25-16)10-3-2-9(26)5-12(10)19/h2-5,7,26H,1H3,(H2,21,22,23,24,25). The first-order valence-electron chi connectivity index (χ1n) is 8.09. The number of aromatic nitrogens is 4. The average Bonchev–Trinajstić information content (AvgIpc) is 3.34. The van der Waals surface area contributed by atoms with Crippen LogP contribution in [0, 0.1) is 17.1 Å². The third-order valence-corrected chi connectivity index (χ3v) is 4.76. The van der Waals surface area contributed by atoms with Crippen LogP contribution in [0.5, 0.6) is 5.75 Å². The van der Waals surface area contributed by atoms with Crippen LogP contribution in [0.25, 0.3) is 22.3 Å². The number of thiazole rings is 1. The summed E-state index contributed by atoms with van der Waals surface area (Å²) in [7, 11) is 1.26. The maximum atomic E-state index is 14.2. The van der Waals surface area contributed by atoms with Crippen molar-refractivity contribution in [1.29, 1.82) is 5.26 Å². The summed E-state index contributed by atoms with van der Waals surface area (Å²) in [6.07, 6.45) is 0. The van der Waals surface area contributed by atoms with E-state index in [-0.39, 0.29) is 28.3 Å². The SMILES string of the molecule is COC(=O)c1csc(Nc2n[nH]c3nc(-c4ccc(O)cc4F)c(C#N)cc23)n1. The summed E-state index contributed by atoms with van der Waals surface area (Å²) in [5, 5.41) is 31.1. The topological polar surface area (TPSA) is 137 Å². The molecule has 3 heterocycles. The van der Waals surface area contributed by atoms with Gasteiger partial charge in [-0.25, -0.2) is 19.2 Å². The van der Waals surface area contributed by atoms with Crippen molar-refractivity contribution in [2.45, 2.75) is 0 Å². The number of anilines is 2. The molecule has 0 amide bonds. The first-order chi connectivity index (χ1) is 14.0. The first kappa shape index (κ1) is 18.3. The van der Waals surface area contributed by atoms with Crippen LogP contribution in [0.4, 0.5) is 15.3 Å². The second kappa shape index (κ2) is 7.17. The van der Waals surface area contributed by atoms with Gasteiger partial charge >= 0.3 is 5.97 Å². The number of aromatic amines is 1. The minimum absolute atomic E-state index is 0.0769. The van der Waals surface area contributed by atoms with Gasteiger partial charge in [0.1, 0.15) is 17.6 Å². The van der Waals surface area contributed by atoms with Gasteiger partial charge in [0.05, 0.1) is 23.8 Å². The molecular formula is C18H11FN6O3S. The zero-order valence-corrected chi connectivity index (χ0v) is 15.5. The minimum atomic E-state index is -0.704. The van der Waals surface area contributed by atoms with Gasteiger partial charge in [-0.3, -0.25) is 5.10 Å². The molecule has 29 heavy (non-hydrogen) atoms. The van der Waals surface area contributed by atoms with Crippen LogP contribution in [0.3, 0.4) is 0 Å². The van der Waals surface area contributed by atoms with E-state index in [2.05, 4.69) is 30.2 Å². The summed E-state index contributed by atoms with van der Waals surface area (Å²) in [6, 6.07) is 7.13. The molecule has 0 saturated heterocycles. The van der Waals surface area contributed by atoms with Crippen molar-refractivity contribution in [2.75, 3.05) is 12.4 Å². The molecule has 4 aromatic rings. The minimum Gasteiger partial charge on any atom is -0.508 e. The van der Waals surface area contributed by atoms with E-state index >= 15 is 0 Å². The number of pyridine rings is 1. The predicted molar refractivity (Wildman–Crippen MR) is 102 cm³/mol. The number of hydrogen-bond acceptors (Lipinski definition) is 9. The molecule has 144 valence electrons. The van der Waals surface area contributed by atoms with Crippen LogP contribution in [-0.2, 0) is 4.74 Å². The number of nitrogens with zero attached hydrogens (tertiary/aromatic N) is 4. The monoisotopic (exact) mass is 410 g/mol. The zero-order valence-electron chi connectivity index (χ0n) is 14.7. The lowest BCUT2D eigenvalue weighted by molar-refractivity contribution is 0.0595. The number of rotatable bonds is 4. The van der Waals surface area contributed by atoms with Gasteiger partial charge in [-0.05, 0) is 18.2 Å². The molecule has 0 aliphatic heterocycles. The van der Waals surface area contributed by atoms with Crippen molar-refractivity contribution in [1.82, 2.24) is 20.2 Å². The lowest BCUT2D eigenvalue weighted by atomic mass is 10.0. The van der Waals surface area contributed by atoms with Crippen molar-refractivity contribution in [3.05, 3.63) is 46.7 Å². The number of benzene rings is 1. The third kappa shape index (κ3) is 3.32. The molecule has 9 nitrogen and oxygen atoms in total. The van der Waals surface area contributed by atoms with E-state index in [4.69, 9.17) is 0 Å². The van der Waals surface area contributed by atoms with E-state index in [9.17, 15) is 19.6 Å². The molecular weight excluding hydrogens is 399 g/mol. The van der Waals surface area contributed by atoms with Gasteiger partial charge in [0.15, 0.2) is 22.3 Å². The summed E-state index contributed by atoms with van der Waals surface area (Å²) in [4.78, 5) is 20.0. The summed E-state index contributed by atoms with van der Waals surface area (Å²) in [5.41, 5.74) is 0.795. The number of carbonyl (C=O) groups excluding carboxylic acids is 1. The van der Waals surface area contributed by atoms with E-state index in [1.54, 1.807) is 0 Å². The molecule has 0 aliphatic rings. The number of fused-ring (bicyclic) bond motifs is 1. The summed E-state index contributed by atoms with van der Waals surface area (Å²) >= 11 is 1.18. The van der Waals surface area contributed by atoms with Crippen molar-refractivity contribution in [3.63, 3.8) is 0 Å². The second-order valence-corrected chi connectivity index (χ2v) is 6.64. The summed E-state index contributed by atoms with van der Waals surface area (Å²) in [6.45, 7) is 0. The number of halogens is 1. The van der Waals surface area contributed by atoms with Gasteiger partial charge in [0, 0.05) is 17.0 Å². The normalized spacial score (nSPS) is 10.7. The van der Waals surface area contributed by atoms with Crippen LogP contribution < -0.4 is 5.32 Å². The molecule has 0 radical (unpaired) electrons. The fraction of sp³-hybridized carbons (Fsp3) is 0.0556. The quantitative estimate of drug-likeness (QED) is 0.436. The Morgan fingerprint density at radius 1 is 1.38 bits per heavy atom. The Morgan fingerprint density at radius 2 is 2.21 bits per heavy atom. The molecule has 0 fully saturated rings. The fourth-order valence-corrected chi connectivity index (χ4v) is 3.34. The molecule has 3 aromatic heterocycles. The van der Waals surface area contributed by atoms with Crippen LogP contribution in [-0.4, -0.2) is 38.4 Å².